The number of nitrogens with one attached hydrogen (secondary N) is 3. The summed E-state index contributed by atoms with van der Waals surface area (Å²) in [5.41, 5.74) is 3.52. The Morgan fingerprint density at radius 3 is 2.54 bits per heavy atom. The smallest absolute Gasteiger partial charge is 0.324 e. The second-order valence-electron chi connectivity index (χ2n) is 6.15. The van der Waals surface area contributed by atoms with Gasteiger partial charge in [-0.15, -0.1) is 0 Å². The number of nitrogens with zero attached hydrogens (tertiary/aromatic N) is 1. The van der Waals surface area contributed by atoms with Crippen LogP contribution in [0.3, 0.4) is 0 Å². The van der Waals surface area contributed by atoms with Crippen LogP contribution >= 0.6 is 0 Å². The van der Waals surface area contributed by atoms with Gasteiger partial charge in [0.05, 0.1) is 0 Å². The zero-order chi connectivity index (χ0) is 19.3. The Labute approximate surface area is 149 Å². The van der Waals surface area contributed by atoms with Gasteiger partial charge in [0.2, 0.25) is 5.91 Å². The number of carbonyl (C=O) groups excluding carboxylic acids is 4. The van der Waals surface area contributed by atoms with Crippen LogP contribution in [0.15, 0.2) is 30.3 Å². The van der Waals surface area contributed by atoms with E-state index in [0.717, 1.165) is 11.0 Å². The third-order valence-electron chi connectivity index (χ3n) is 3.65. The normalized spacial score (nSPS) is 15.9. The fraction of sp³-hybridized carbons (Fsp3) is 0.294. The molecule has 26 heavy (non-hydrogen) atoms. The number of rotatable bonds is 5. The molecule has 0 atom stereocenters. The maximum atomic E-state index is 13.4. The zero-order valence-electron chi connectivity index (χ0n) is 14.3. The Bertz CT molecular complexity index is 776. The molecule has 1 aliphatic heterocycles. The standard InChI is InChI=1S/C17H19FN4O4/c1-17(2)15(25)22(16(26)19-17)10-9-14(24)21-20-13(23)8-7-11-5-3-4-6-12(11)18/h3-8H,9-10H2,1-2H3,(H,19,26)(H,20,23)(H,21,24)/b8-7+. The number of carbonyl (C=O) groups is 4. The molecule has 0 radical (unpaired) electrons. The van der Waals surface area contributed by atoms with Crippen LogP contribution in [0.4, 0.5) is 9.18 Å². The molecule has 1 saturated heterocycles. The SMILES string of the molecule is CC1(C)NC(=O)N(CCC(=O)NNC(=O)/C=C/c2ccccc2F)C1=O. The molecule has 1 aromatic carbocycles. The number of imide groups is 1. The number of urea groups is 1. The summed E-state index contributed by atoms with van der Waals surface area (Å²) in [6, 6.07) is 5.34. The maximum absolute atomic E-state index is 13.4. The molecule has 0 unspecified atom stereocenters. The lowest BCUT2D eigenvalue weighted by Gasteiger charge is -2.15. The summed E-state index contributed by atoms with van der Waals surface area (Å²) in [7, 11) is 0. The Kier molecular flexibility index (Phi) is 5.71. The van der Waals surface area contributed by atoms with Gasteiger partial charge in [-0.25, -0.2) is 9.18 Å². The monoisotopic (exact) mass is 362 g/mol. The maximum Gasteiger partial charge on any atom is 0.325 e. The molecule has 9 heteroatoms. The number of hydrazine groups is 1. The van der Waals surface area contributed by atoms with E-state index in [1.165, 1.54) is 24.3 Å². The van der Waals surface area contributed by atoms with Gasteiger partial charge in [-0.2, -0.15) is 0 Å². The molecule has 0 saturated carbocycles. The molecule has 0 aromatic heterocycles. The van der Waals surface area contributed by atoms with Crippen LogP contribution in [0.25, 0.3) is 6.08 Å². The lowest BCUT2D eigenvalue weighted by Crippen LogP contribution is -2.43. The highest BCUT2D eigenvalue weighted by Crippen LogP contribution is 2.16. The van der Waals surface area contributed by atoms with E-state index >= 15 is 0 Å². The van der Waals surface area contributed by atoms with Crippen molar-refractivity contribution in [1.82, 2.24) is 21.1 Å². The summed E-state index contributed by atoms with van der Waals surface area (Å²) in [5.74, 6) is -2.13. The first kappa shape index (κ1) is 19.1. The molecule has 1 heterocycles. The minimum absolute atomic E-state index is 0.110. The largest absolute Gasteiger partial charge is 0.325 e. The first-order valence-electron chi connectivity index (χ1n) is 7.86. The van der Waals surface area contributed by atoms with Gasteiger partial charge < -0.3 is 5.32 Å². The van der Waals surface area contributed by atoms with Crippen molar-refractivity contribution in [2.45, 2.75) is 25.8 Å². The van der Waals surface area contributed by atoms with Gasteiger partial charge in [0.15, 0.2) is 0 Å². The van der Waals surface area contributed by atoms with Crippen LogP contribution in [-0.2, 0) is 14.4 Å². The fourth-order valence-corrected chi connectivity index (χ4v) is 2.25. The van der Waals surface area contributed by atoms with Crippen LogP contribution in [0.2, 0.25) is 0 Å². The van der Waals surface area contributed by atoms with E-state index < -0.39 is 35.1 Å². The van der Waals surface area contributed by atoms with Gasteiger partial charge in [-0.1, -0.05) is 18.2 Å². The summed E-state index contributed by atoms with van der Waals surface area (Å²) in [4.78, 5) is 47.9. The Hall–Kier alpha value is -3.23. The second-order valence-corrected chi connectivity index (χ2v) is 6.15. The molecule has 5 amide bonds. The third kappa shape index (κ3) is 4.65. The van der Waals surface area contributed by atoms with Gasteiger partial charge >= 0.3 is 6.03 Å². The number of benzene rings is 1. The lowest BCUT2D eigenvalue weighted by atomic mass is 10.1. The molecule has 138 valence electrons. The van der Waals surface area contributed by atoms with E-state index in [9.17, 15) is 23.6 Å². The quantitative estimate of drug-likeness (QED) is 0.407. The average molecular weight is 362 g/mol. The van der Waals surface area contributed by atoms with Gasteiger partial charge in [0.1, 0.15) is 11.4 Å². The van der Waals surface area contributed by atoms with Crippen LogP contribution in [0.1, 0.15) is 25.8 Å². The summed E-state index contributed by atoms with van der Waals surface area (Å²) >= 11 is 0. The third-order valence-corrected chi connectivity index (χ3v) is 3.65. The lowest BCUT2D eigenvalue weighted by molar-refractivity contribution is -0.131. The highest BCUT2D eigenvalue weighted by atomic mass is 19.1. The first-order chi connectivity index (χ1) is 12.2. The average Bonchev–Trinajstić information content (AvgIpc) is 2.78. The Morgan fingerprint density at radius 1 is 1.23 bits per heavy atom. The zero-order valence-corrected chi connectivity index (χ0v) is 14.3. The van der Waals surface area contributed by atoms with Gasteiger partial charge in [-0.05, 0) is 26.0 Å². The van der Waals surface area contributed by atoms with E-state index in [4.69, 9.17) is 0 Å². The van der Waals surface area contributed by atoms with Crippen LogP contribution in [-0.4, -0.2) is 40.7 Å². The van der Waals surface area contributed by atoms with Gasteiger partial charge in [0.25, 0.3) is 11.8 Å². The number of hydrogen-bond donors (Lipinski definition) is 3. The van der Waals surface area contributed by atoms with Crippen molar-refractivity contribution in [2.75, 3.05) is 6.54 Å². The Balaban J connectivity index is 1.77. The predicted octanol–water partition coefficient (Wildman–Crippen LogP) is 0.707. The molecule has 1 aromatic rings. The van der Waals surface area contributed by atoms with Crippen LogP contribution in [0.5, 0.6) is 0 Å². The molecule has 3 N–H and O–H groups in total. The Morgan fingerprint density at radius 2 is 1.92 bits per heavy atom. The van der Waals surface area contributed by atoms with E-state index in [-0.39, 0.29) is 18.5 Å². The molecule has 0 spiro atoms. The van der Waals surface area contributed by atoms with Crippen LogP contribution < -0.4 is 16.2 Å². The summed E-state index contributed by atoms with van der Waals surface area (Å²) in [6.45, 7) is 3.02. The van der Waals surface area contributed by atoms with E-state index in [2.05, 4.69) is 16.2 Å². The van der Waals surface area contributed by atoms with Crippen molar-refractivity contribution in [1.29, 1.82) is 0 Å². The molecule has 1 fully saturated rings. The molecule has 0 bridgehead atoms. The van der Waals surface area contributed by atoms with E-state index in [1.807, 2.05) is 0 Å². The van der Waals surface area contributed by atoms with Gasteiger partial charge in [0, 0.05) is 24.6 Å². The molecular weight excluding hydrogens is 343 g/mol. The van der Waals surface area contributed by atoms with Crippen molar-refractivity contribution < 1.29 is 23.6 Å². The fourth-order valence-electron chi connectivity index (χ4n) is 2.25. The summed E-state index contributed by atoms with van der Waals surface area (Å²) in [6.07, 6.45) is 2.16. The first-order valence-corrected chi connectivity index (χ1v) is 7.86. The number of amides is 5. The predicted molar refractivity (Wildman–Crippen MR) is 90.7 cm³/mol. The van der Waals surface area contributed by atoms with Crippen molar-refractivity contribution in [3.05, 3.63) is 41.7 Å². The molecular formula is C17H19FN4O4. The van der Waals surface area contributed by atoms with Crippen molar-refractivity contribution in [3.63, 3.8) is 0 Å². The molecule has 8 nitrogen and oxygen atoms in total. The topological polar surface area (TPSA) is 108 Å². The number of hydrogen-bond acceptors (Lipinski definition) is 4. The minimum atomic E-state index is -1.00. The van der Waals surface area contributed by atoms with E-state index in [0.29, 0.717) is 0 Å². The molecule has 2 rings (SSSR count). The van der Waals surface area contributed by atoms with Crippen molar-refractivity contribution in [2.24, 2.45) is 0 Å². The van der Waals surface area contributed by atoms with Gasteiger partial charge in [-0.3, -0.25) is 30.1 Å². The highest BCUT2D eigenvalue weighted by molar-refractivity contribution is 6.06. The van der Waals surface area contributed by atoms with Crippen LogP contribution in [0, 0.1) is 5.82 Å². The minimum Gasteiger partial charge on any atom is -0.324 e. The highest BCUT2D eigenvalue weighted by Gasteiger charge is 2.43. The van der Waals surface area contributed by atoms with Crippen molar-refractivity contribution >= 4 is 29.8 Å². The molecule has 0 aliphatic carbocycles. The van der Waals surface area contributed by atoms with E-state index in [1.54, 1.807) is 19.9 Å². The summed E-state index contributed by atoms with van der Waals surface area (Å²) in [5, 5.41) is 2.50. The second kappa shape index (κ2) is 7.77. The number of halogens is 1. The molecule has 1 aliphatic rings. The van der Waals surface area contributed by atoms with Crippen molar-refractivity contribution in [3.8, 4) is 0 Å². The summed E-state index contributed by atoms with van der Waals surface area (Å²) < 4.78 is 13.4.